The second kappa shape index (κ2) is 5.42. The van der Waals surface area contributed by atoms with Gasteiger partial charge < -0.3 is 15.2 Å². The summed E-state index contributed by atoms with van der Waals surface area (Å²) in [5.41, 5.74) is 5.93. The molecule has 0 bridgehead atoms. The Bertz CT molecular complexity index is 454. The number of piperazine rings is 1. The third kappa shape index (κ3) is 2.36. The van der Waals surface area contributed by atoms with Crippen LogP contribution >= 0.6 is 0 Å². The SMILES string of the molecule is CN1CCN(C)C(c2noc(C3(CN)CCCC3)n2)C1. The van der Waals surface area contributed by atoms with Crippen molar-refractivity contribution in [2.75, 3.05) is 40.3 Å². The van der Waals surface area contributed by atoms with E-state index in [1.165, 1.54) is 12.8 Å². The Labute approximate surface area is 120 Å². The first-order chi connectivity index (χ1) is 9.64. The number of likely N-dealkylation sites (N-methyl/N-ethyl adjacent to an activating group) is 2. The second-order valence-corrected chi connectivity index (χ2v) is 6.41. The molecular weight excluding hydrogens is 254 g/mol. The van der Waals surface area contributed by atoms with E-state index >= 15 is 0 Å². The standard InChI is InChI=1S/C14H25N5O/c1-18-7-8-19(2)11(9-18)12-16-13(20-17-12)14(10-15)5-3-4-6-14/h11H,3-10,15H2,1-2H3. The molecule has 0 radical (unpaired) electrons. The molecule has 6 nitrogen and oxygen atoms in total. The van der Waals surface area contributed by atoms with E-state index < -0.39 is 0 Å². The first-order valence-electron chi connectivity index (χ1n) is 7.57. The maximum Gasteiger partial charge on any atom is 0.234 e. The minimum absolute atomic E-state index is 0.0651. The predicted octanol–water partition coefficient (Wildman–Crippen LogP) is 0.758. The maximum absolute atomic E-state index is 5.99. The van der Waals surface area contributed by atoms with Crippen molar-refractivity contribution in [2.45, 2.75) is 37.1 Å². The highest BCUT2D eigenvalue weighted by Crippen LogP contribution is 2.39. The number of hydrogen-bond donors (Lipinski definition) is 1. The average molecular weight is 279 g/mol. The lowest BCUT2D eigenvalue weighted by Crippen LogP contribution is -2.45. The summed E-state index contributed by atoms with van der Waals surface area (Å²) in [5.74, 6) is 1.57. The van der Waals surface area contributed by atoms with Gasteiger partial charge in [0.2, 0.25) is 5.89 Å². The number of nitrogens with two attached hydrogens (primary N) is 1. The van der Waals surface area contributed by atoms with Crippen LogP contribution in [0, 0.1) is 0 Å². The molecule has 2 aliphatic rings. The summed E-state index contributed by atoms with van der Waals surface area (Å²) >= 11 is 0. The summed E-state index contributed by atoms with van der Waals surface area (Å²) in [5, 5.41) is 4.25. The highest BCUT2D eigenvalue weighted by Gasteiger charge is 2.40. The van der Waals surface area contributed by atoms with Gasteiger partial charge in [-0.15, -0.1) is 0 Å². The minimum atomic E-state index is -0.0651. The van der Waals surface area contributed by atoms with Crippen LogP contribution in [-0.4, -0.2) is 60.2 Å². The van der Waals surface area contributed by atoms with Crippen LogP contribution in [0.1, 0.15) is 43.4 Å². The third-order valence-corrected chi connectivity index (χ3v) is 5.00. The van der Waals surface area contributed by atoms with Crippen molar-refractivity contribution in [3.8, 4) is 0 Å². The van der Waals surface area contributed by atoms with Crippen molar-refractivity contribution in [3.63, 3.8) is 0 Å². The Morgan fingerprint density at radius 1 is 1.30 bits per heavy atom. The van der Waals surface area contributed by atoms with Crippen LogP contribution < -0.4 is 5.73 Å². The zero-order chi connectivity index (χ0) is 14.2. The van der Waals surface area contributed by atoms with Crippen molar-refractivity contribution in [1.29, 1.82) is 0 Å². The summed E-state index contributed by atoms with van der Waals surface area (Å²) in [7, 11) is 4.27. The van der Waals surface area contributed by atoms with Gasteiger partial charge in [0.25, 0.3) is 0 Å². The van der Waals surface area contributed by atoms with E-state index in [-0.39, 0.29) is 11.5 Å². The first-order valence-corrected chi connectivity index (χ1v) is 7.57. The molecule has 1 atom stereocenters. The van der Waals surface area contributed by atoms with Gasteiger partial charge in [-0.3, -0.25) is 4.90 Å². The molecule has 2 N–H and O–H groups in total. The molecule has 6 heteroatoms. The van der Waals surface area contributed by atoms with Crippen LogP contribution in [0.25, 0.3) is 0 Å². The van der Waals surface area contributed by atoms with Crippen molar-refractivity contribution in [3.05, 3.63) is 11.7 Å². The molecule has 1 saturated heterocycles. The van der Waals surface area contributed by atoms with Gasteiger partial charge in [-0.05, 0) is 26.9 Å². The van der Waals surface area contributed by atoms with Gasteiger partial charge in [0.15, 0.2) is 5.82 Å². The maximum atomic E-state index is 5.99. The van der Waals surface area contributed by atoms with Gasteiger partial charge in [0, 0.05) is 26.2 Å². The summed E-state index contributed by atoms with van der Waals surface area (Å²) in [6, 6.07) is 0.225. The van der Waals surface area contributed by atoms with Gasteiger partial charge in [0.1, 0.15) is 0 Å². The van der Waals surface area contributed by atoms with Gasteiger partial charge in [0.05, 0.1) is 11.5 Å². The molecule has 0 aromatic carbocycles. The number of aromatic nitrogens is 2. The van der Waals surface area contributed by atoms with Crippen molar-refractivity contribution < 1.29 is 4.52 Å². The smallest absolute Gasteiger partial charge is 0.234 e. The van der Waals surface area contributed by atoms with E-state index in [0.29, 0.717) is 6.54 Å². The molecular formula is C14H25N5O. The second-order valence-electron chi connectivity index (χ2n) is 6.41. The van der Waals surface area contributed by atoms with Crippen LogP contribution in [0.3, 0.4) is 0 Å². The molecule has 1 unspecified atom stereocenters. The molecule has 20 heavy (non-hydrogen) atoms. The van der Waals surface area contributed by atoms with Crippen LogP contribution in [-0.2, 0) is 5.41 Å². The minimum Gasteiger partial charge on any atom is -0.339 e. The summed E-state index contributed by atoms with van der Waals surface area (Å²) in [6.07, 6.45) is 4.57. The van der Waals surface area contributed by atoms with Crippen molar-refractivity contribution >= 4 is 0 Å². The first kappa shape index (κ1) is 14.0. The summed E-state index contributed by atoms with van der Waals surface area (Å²) in [6.45, 7) is 3.68. The van der Waals surface area contributed by atoms with Gasteiger partial charge in [-0.25, -0.2) is 0 Å². The van der Waals surface area contributed by atoms with E-state index in [1.807, 2.05) is 0 Å². The highest BCUT2D eigenvalue weighted by atomic mass is 16.5. The summed E-state index contributed by atoms with van der Waals surface area (Å²) < 4.78 is 5.59. The van der Waals surface area contributed by atoms with E-state index in [9.17, 15) is 0 Å². The lowest BCUT2D eigenvalue weighted by molar-refractivity contribution is 0.108. The molecule has 3 rings (SSSR count). The van der Waals surface area contributed by atoms with Crippen LogP contribution in [0.5, 0.6) is 0 Å². The molecule has 1 aromatic rings. The van der Waals surface area contributed by atoms with E-state index in [2.05, 4.69) is 29.1 Å². The molecule has 1 saturated carbocycles. The Morgan fingerprint density at radius 3 is 2.75 bits per heavy atom. The molecule has 1 aromatic heterocycles. The highest BCUT2D eigenvalue weighted by molar-refractivity contribution is 5.10. The zero-order valence-electron chi connectivity index (χ0n) is 12.5. The average Bonchev–Trinajstić information content (AvgIpc) is 3.10. The Morgan fingerprint density at radius 2 is 2.05 bits per heavy atom. The van der Waals surface area contributed by atoms with Gasteiger partial charge >= 0.3 is 0 Å². The lowest BCUT2D eigenvalue weighted by atomic mass is 9.86. The van der Waals surface area contributed by atoms with Crippen LogP contribution in [0.15, 0.2) is 4.52 Å². The molecule has 0 spiro atoms. The third-order valence-electron chi connectivity index (χ3n) is 5.00. The fraction of sp³-hybridized carbons (Fsp3) is 0.857. The normalized spacial score (nSPS) is 28.1. The fourth-order valence-electron chi connectivity index (χ4n) is 3.43. The van der Waals surface area contributed by atoms with Gasteiger partial charge in [-0.1, -0.05) is 18.0 Å². The molecule has 2 heterocycles. The van der Waals surface area contributed by atoms with Crippen LogP contribution in [0.4, 0.5) is 0 Å². The monoisotopic (exact) mass is 279 g/mol. The molecule has 0 amide bonds. The molecule has 1 aliphatic heterocycles. The number of hydrogen-bond acceptors (Lipinski definition) is 6. The fourth-order valence-corrected chi connectivity index (χ4v) is 3.43. The van der Waals surface area contributed by atoms with Crippen molar-refractivity contribution in [2.24, 2.45) is 5.73 Å². The van der Waals surface area contributed by atoms with E-state index in [1.54, 1.807) is 0 Å². The molecule has 112 valence electrons. The lowest BCUT2D eigenvalue weighted by Gasteiger charge is -2.35. The number of nitrogens with zero attached hydrogens (tertiary/aromatic N) is 4. The quantitative estimate of drug-likeness (QED) is 0.880. The predicted molar refractivity (Wildman–Crippen MR) is 76.4 cm³/mol. The van der Waals surface area contributed by atoms with E-state index in [4.69, 9.17) is 15.2 Å². The van der Waals surface area contributed by atoms with Crippen molar-refractivity contribution in [1.82, 2.24) is 19.9 Å². The Hall–Kier alpha value is -0.980. The topological polar surface area (TPSA) is 71.4 Å². The Balaban J connectivity index is 1.82. The molecule has 1 aliphatic carbocycles. The van der Waals surface area contributed by atoms with Gasteiger partial charge in [-0.2, -0.15) is 4.98 Å². The number of rotatable bonds is 3. The zero-order valence-corrected chi connectivity index (χ0v) is 12.5. The summed E-state index contributed by atoms with van der Waals surface area (Å²) in [4.78, 5) is 9.34. The van der Waals surface area contributed by atoms with Crippen LogP contribution in [0.2, 0.25) is 0 Å². The Kier molecular flexibility index (Phi) is 3.79. The van der Waals surface area contributed by atoms with E-state index in [0.717, 1.165) is 44.2 Å². The molecule has 2 fully saturated rings. The largest absolute Gasteiger partial charge is 0.339 e.